The molecule has 1 aromatic carbocycles. The fourth-order valence-corrected chi connectivity index (χ4v) is 3.75. The first-order valence-electron chi connectivity index (χ1n) is 9.20. The maximum Gasteiger partial charge on any atom is 0.416 e. The topological polar surface area (TPSA) is 78.7 Å². The quantitative estimate of drug-likeness (QED) is 0.775. The molecule has 1 N–H and O–H groups in total. The third kappa shape index (κ3) is 4.93. The van der Waals surface area contributed by atoms with Gasteiger partial charge in [-0.05, 0) is 49.7 Å². The summed E-state index contributed by atoms with van der Waals surface area (Å²) < 4.78 is 40.8. The lowest BCUT2D eigenvalue weighted by molar-refractivity contribution is -0.138. The molecule has 1 saturated heterocycles. The second kappa shape index (κ2) is 8.65. The molecule has 2 aromatic rings. The highest BCUT2D eigenvalue weighted by atomic mass is 35.5. The Morgan fingerprint density at radius 2 is 1.93 bits per heavy atom. The lowest BCUT2D eigenvalue weighted by atomic mass is 10.0. The molecule has 0 unspecified atom stereocenters. The molecule has 0 radical (unpaired) electrons. The van der Waals surface area contributed by atoms with Crippen LogP contribution < -0.4 is 0 Å². The van der Waals surface area contributed by atoms with Gasteiger partial charge in [-0.3, -0.25) is 4.90 Å². The van der Waals surface area contributed by atoms with Crippen molar-refractivity contribution in [3.8, 4) is 0 Å². The minimum atomic E-state index is -4.46. The standard InChI is InChI=1S/C19H20ClF3N4O3/c1-25(11-12-10-13(20)2-3-15(12)19(21,22)23)14-4-7-26(8-5-14)18(30)27-9-6-16(24-27)17(28)29/h2-3,6,9-10,14H,4-5,7-8,11H2,1H3,(H,28,29). The van der Waals surface area contributed by atoms with Crippen LogP contribution in [0.4, 0.5) is 18.0 Å². The predicted molar refractivity (Wildman–Crippen MR) is 102 cm³/mol. The summed E-state index contributed by atoms with van der Waals surface area (Å²) >= 11 is 5.89. The van der Waals surface area contributed by atoms with Crippen molar-refractivity contribution in [1.29, 1.82) is 0 Å². The van der Waals surface area contributed by atoms with Crippen LogP contribution in [0.15, 0.2) is 30.5 Å². The number of rotatable bonds is 4. The van der Waals surface area contributed by atoms with Crippen molar-refractivity contribution >= 4 is 23.6 Å². The highest BCUT2D eigenvalue weighted by molar-refractivity contribution is 6.30. The number of piperidine rings is 1. The largest absolute Gasteiger partial charge is 0.476 e. The highest BCUT2D eigenvalue weighted by Gasteiger charge is 2.34. The van der Waals surface area contributed by atoms with Crippen molar-refractivity contribution in [3.63, 3.8) is 0 Å². The number of hydrogen-bond donors (Lipinski definition) is 1. The maximum atomic E-state index is 13.3. The molecule has 1 fully saturated rings. The Kier molecular flexibility index (Phi) is 6.37. The van der Waals surface area contributed by atoms with E-state index >= 15 is 0 Å². The number of alkyl halides is 3. The van der Waals surface area contributed by atoms with E-state index < -0.39 is 23.7 Å². The van der Waals surface area contributed by atoms with Gasteiger partial charge in [0.1, 0.15) is 0 Å². The smallest absolute Gasteiger partial charge is 0.416 e. The van der Waals surface area contributed by atoms with Crippen LogP contribution in [-0.4, -0.2) is 62.9 Å². The number of carbonyl (C=O) groups excluding carboxylic acids is 1. The summed E-state index contributed by atoms with van der Waals surface area (Å²) in [4.78, 5) is 26.8. The minimum absolute atomic E-state index is 0.0127. The molecule has 0 bridgehead atoms. The summed E-state index contributed by atoms with van der Waals surface area (Å²) in [5.74, 6) is -1.22. The molecule has 3 rings (SSSR count). The average Bonchev–Trinajstić information content (AvgIpc) is 3.17. The number of hydrogen-bond acceptors (Lipinski definition) is 4. The van der Waals surface area contributed by atoms with Crippen molar-refractivity contribution in [2.24, 2.45) is 0 Å². The van der Waals surface area contributed by atoms with E-state index in [0.717, 1.165) is 10.7 Å². The molecule has 0 spiro atoms. The minimum Gasteiger partial charge on any atom is -0.476 e. The van der Waals surface area contributed by atoms with Crippen LogP contribution in [-0.2, 0) is 12.7 Å². The molecule has 11 heteroatoms. The Balaban J connectivity index is 1.62. The van der Waals surface area contributed by atoms with Crippen LogP contribution >= 0.6 is 11.6 Å². The van der Waals surface area contributed by atoms with Gasteiger partial charge in [0.2, 0.25) is 0 Å². The summed E-state index contributed by atoms with van der Waals surface area (Å²) in [6.07, 6.45) is -2.04. The van der Waals surface area contributed by atoms with Crippen molar-refractivity contribution in [2.45, 2.75) is 31.6 Å². The molecule has 162 valence electrons. The molecule has 1 aromatic heterocycles. The summed E-state index contributed by atoms with van der Waals surface area (Å²) in [6.45, 7) is 0.852. The van der Waals surface area contributed by atoms with Gasteiger partial charge in [0.15, 0.2) is 5.69 Å². The molecule has 1 aliphatic rings. The predicted octanol–water partition coefficient (Wildman–Crippen LogP) is 3.82. The zero-order valence-corrected chi connectivity index (χ0v) is 16.8. The van der Waals surface area contributed by atoms with Crippen LogP contribution in [0, 0.1) is 0 Å². The zero-order chi connectivity index (χ0) is 22.1. The zero-order valence-electron chi connectivity index (χ0n) is 16.1. The maximum absolute atomic E-state index is 13.3. The van der Waals surface area contributed by atoms with Crippen molar-refractivity contribution in [2.75, 3.05) is 20.1 Å². The first kappa shape index (κ1) is 22.1. The van der Waals surface area contributed by atoms with Crippen molar-refractivity contribution in [3.05, 3.63) is 52.3 Å². The van der Waals surface area contributed by atoms with E-state index in [0.29, 0.717) is 25.9 Å². The number of benzene rings is 1. The molecule has 1 amide bonds. The van der Waals surface area contributed by atoms with Gasteiger partial charge in [-0.2, -0.15) is 23.0 Å². The van der Waals surface area contributed by atoms with Crippen molar-refractivity contribution < 1.29 is 27.9 Å². The SMILES string of the molecule is CN(Cc1cc(Cl)ccc1C(F)(F)F)C1CCN(C(=O)n2ccc(C(=O)O)n2)CC1. The number of likely N-dealkylation sites (tertiary alicyclic amines) is 1. The van der Waals surface area contributed by atoms with Gasteiger partial charge in [0.25, 0.3) is 0 Å². The number of carbonyl (C=O) groups is 2. The molecule has 0 atom stereocenters. The van der Waals surface area contributed by atoms with Gasteiger partial charge in [-0.1, -0.05) is 11.6 Å². The van der Waals surface area contributed by atoms with Gasteiger partial charge in [0, 0.05) is 36.9 Å². The van der Waals surface area contributed by atoms with Gasteiger partial charge in [0.05, 0.1) is 5.56 Å². The molecule has 7 nitrogen and oxygen atoms in total. The first-order chi connectivity index (χ1) is 14.1. The first-order valence-corrected chi connectivity index (χ1v) is 9.58. The molecule has 0 aliphatic carbocycles. The highest BCUT2D eigenvalue weighted by Crippen LogP contribution is 2.34. The van der Waals surface area contributed by atoms with Crippen molar-refractivity contribution in [1.82, 2.24) is 19.6 Å². The van der Waals surface area contributed by atoms with E-state index in [1.54, 1.807) is 11.9 Å². The summed E-state index contributed by atoms with van der Waals surface area (Å²) in [7, 11) is 1.75. The van der Waals surface area contributed by atoms with E-state index in [2.05, 4.69) is 5.10 Å². The van der Waals surface area contributed by atoms with Crippen LogP contribution in [0.5, 0.6) is 0 Å². The molecule has 30 heavy (non-hydrogen) atoms. The summed E-state index contributed by atoms with van der Waals surface area (Å²) in [5, 5.41) is 12.9. The van der Waals surface area contributed by atoms with E-state index in [9.17, 15) is 22.8 Å². The summed E-state index contributed by atoms with van der Waals surface area (Å²) in [6, 6.07) is 4.34. The Morgan fingerprint density at radius 3 is 2.50 bits per heavy atom. The lowest BCUT2D eigenvalue weighted by Gasteiger charge is -2.36. The number of amides is 1. The van der Waals surface area contributed by atoms with E-state index in [-0.39, 0.29) is 28.9 Å². The van der Waals surface area contributed by atoms with Gasteiger partial charge in [-0.25, -0.2) is 9.59 Å². The molecular formula is C19H20ClF3N4O3. The number of nitrogens with zero attached hydrogens (tertiary/aromatic N) is 4. The third-order valence-electron chi connectivity index (χ3n) is 5.15. The fourth-order valence-electron chi connectivity index (χ4n) is 3.55. The van der Waals surface area contributed by atoms with Gasteiger partial charge < -0.3 is 10.0 Å². The van der Waals surface area contributed by atoms with E-state index in [1.165, 1.54) is 24.4 Å². The Bertz CT molecular complexity index is 939. The lowest BCUT2D eigenvalue weighted by Crippen LogP contribution is -2.46. The van der Waals surface area contributed by atoms with E-state index in [1.807, 2.05) is 4.90 Å². The third-order valence-corrected chi connectivity index (χ3v) is 5.39. The van der Waals surface area contributed by atoms with E-state index in [4.69, 9.17) is 16.7 Å². The number of halogens is 4. The number of carboxylic acids is 1. The molecular weight excluding hydrogens is 425 g/mol. The second-order valence-electron chi connectivity index (χ2n) is 7.17. The van der Waals surface area contributed by atoms with Crippen LogP contribution in [0.2, 0.25) is 5.02 Å². The van der Waals surface area contributed by atoms with Crippen LogP contribution in [0.25, 0.3) is 0 Å². The number of aromatic nitrogens is 2. The average molecular weight is 445 g/mol. The molecule has 0 saturated carbocycles. The molecule has 2 heterocycles. The fraction of sp³-hybridized carbons (Fsp3) is 0.421. The van der Waals surface area contributed by atoms with Crippen LogP contribution in [0.1, 0.15) is 34.5 Å². The number of carboxylic acid groups (broad SMARTS) is 1. The Hall–Kier alpha value is -2.59. The van der Waals surface area contributed by atoms with Gasteiger partial charge >= 0.3 is 18.2 Å². The second-order valence-corrected chi connectivity index (χ2v) is 7.60. The Morgan fingerprint density at radius 1 is 1.27 bits per heavy atom. The van der Waals surface area contributed by atoms with Crippen LogP contribution in [0.3, 0.4) is 0 Å². The normalized spacial score (nSPS) is 15.6. The Labute approximate surface area is 175 Å². The summed E-state index contributed by atoms with van der Waals surface area (Å²) in [5.41, 5.74) is -0.826. The molecule has 1 aliphatic heterocycles. The van der Waals surface area contributed by atoms with Gasteiger partial charge in [-0.15, -0.1) is 0 Å². The number of aromatic carboxylic acids is 1. The monoisotopic (exact) mass is 444 g/mol.